The Labute approximate surface area is 134 Å². The second-order valence-corrected chi connectivity index (χ2v) is 7.14. The summed E-state index contributed by atoms with van der Waals surface area (Å²) in [6.07, 6.45) is 0.362. The molecule has 0 heterocycles. The molecule has 1 atom stereocenters. The normalized spacial score (nSPS) is 13.5. The molecule has 0 aliphatic rings. The van der Waals surface area contributed by atoms with Crippen molar-refractivity contribution < 1.29 is 13.5 Å². The molecule has 0 saturated heterocycles. The Hall–Kier alpha value is -0.520. The van der Waals surface area contributed by atoms with Crippen molar-refractivity contribution in [1.29, 1.82) is 0 Å². The van der Waals surface area contributed by atoms with E-state index in [-0.39, 0.29) is 16.9 Å². The van der Waals surface area contributed by atoms with Crippen LogP contribution in [-0.2, 0) is 11.2 Å². The molecule has 21 heavy (non-hydrogen) atoms. The van der Waals surface area contributed by atoms with Crippen LogP contribution in [0.1, 0.15) is 26.3 Å². The van der Waals surface area contributed by atoms with Gasteiger partial charge in [-0.1, -0.05) is 20.8 Å². The van der Waals surface area contributed by atoms with Crippen molar-refractivity contribution in [1.82, 2.24) is 5.32 Å². The molecule has 5 heteroatoms. The minimum absolute atomic E-state index is 0.0543. The molecule has 0 aliphatic heterocycles. The van der Waals surface area contributed by atoms with E-state index in [1.165, 1.54) is 12.1 Å². The van der Waals surface area contributed by atoms with Gasteiger partial charge >= 0.3 is 0 Å². The number of rotatable bonds is 7. The number of hydrogen-bond acceptors (Lipinski definition) is 2. The number of benzene rings is 1. The molecule has 0 fully saturated rings. The lowest BCUT2D eigenvalue weighted by Crippen LogP contribution is -2.35. The first-order valence-corrected chi connectivity index (χ1v) is 7.88. The van der Waals surface area contributed by atoms with Gasteiger partial charge in [-0.25, -0.2) is 8.78 Å². The minimum atomic E-state index is -0.499. The minimum Gasteiger partial charge on any atom is -0.383 e. The van der Waals surface area contributed by atoms with Gasteiger partial charge in [0.05, 0.1) is 11.1 Å². The fourth-order valence-corrected chi connectivity index (χ4v) is 2.51. The lowest BCUT2D eigenvalue weighted by atomic mass is 9.77. The first-order chi connectivity index (χ1) is 9.77. The Kier molecular flexibility index (Phi) is 7.24. The van der Waals surface area contributed by atoms with Crippen molar-refractivity contribution >= 4 is 15.9 Å². The van der Waals surface area contributed by atoms with E-state index in [9.17, 15) is 8.78 Å². The van der Waals surface area contributed by atoms with Crippen LogP contribution in [0.25, 0.3) is 0 Å². The van der Waals surface area contributed by atoms with Crippen molar-refractivity contribution in [2.45, 2.75) is 27.2 Å². The maximum atomic E-state index is 14.1. The van der Waals surface area contributed by atoms with E-state index in [2.05, 4.69) is 42.0 Å². The Morgan fingerprint density at radius 3 is 2.52 bits per heavy atom. The zero-order valence-electron chi connectivity index (χ0n) is 13.1. The first kappa shape index (κ1) is 18.5. The molecule has 0 aliphatic carbocycles. The molecule has 0 spiro atoms. The number of hydrogen-bond donors (Lipinski definition) is 1. The molecule has 0 bridgehead atoms. The van der Waals surface area contributed by atoms with Crippen LogP contribution in [0.5, 0.6) is 0 Å². The van der Waals surface area contributed by atoms with Crippen molar-refractivity contribution in [2.75, 3.05) is 26.8 Å². The van der Waals surface area contributed by atoms with Crippen molar-refractivity contribution in [3.63, 3.8) is 0 Å². The Bertz CT molecular complexity index is 460. The average molecular weight is 364 g/mol. The van der Waals surface area contributed by atoms with E-state index in [4.69, 9.17) is 4.74 Å². The van der Waals surface area contributed by atoms with E-state index in [1.807, 2.05) is 0 Å². The molecule has 1 unspecified atom stereocenters. The summed E-state index contributed by atoms with van der Waals surface area (Å²) in [5.74, 6) is -0.865. The number of ether oxygens (including phenoxy) is 1. The molecule has 120 valence electrons. The zero-order valence-corrected chi connectivity index (χ0v) is 14.7. The lowest BCUT2D eigenvalue weighted by Gasteiger charge is -2.31. The fraction of sp³-hybridized carbons (Fsp3) is 0.625. The monoisotopic (exact) mass is 363 g/mol. The van der Waals surface area contributed by atoms with Gasteiger partial charge in [-0.05, 0) is 52.4 Å². The van der Waals surface area contributed by atoms with E-state index in [0.717, 1.165) is 6.54 Å². The molecule has 0 saturated carbocycles. The molecule has 1 rings (SSSR count). The van der Waals surface area contributed by atoms with Crippen molar-refractivity contribution in [3.8, 4) is 0 Å². The summed E-state index contributed by atoms with van der Waals surface area (Å²) in [4.78, 5) is 0. The quantitative estimate of drug-likeness (QED) is 0.579. The highest BCUT2D eigenvalue weighted by atomic mass is 79.9. The smallest absolute Gasteiger partial charge is 0.143 e. The molecular weight excluding hydrogens is 340 g/mol. The van der Waals surface area contributed by atoms with Crippen LogP contribution >= 0.6 is 15.9 Å². The third-order valence-electron chi connectivity index (χ3n) is 3.69. The summed E-state index contributed by atoms with van der Waals surface area (Å²) in [5.41, 5.74) is 0.0965. The highest BCUT2D eigenvalue weighted by Crippen LogP contribution is 2.31. The van der Waals surface area contributed by atoms with Crippen LogP contribution in [0.4, 0.5) is 8.78 Å². The van der Waals surface area contributed by atoms with Gasteiger partial charge in [-0.15, -0.1) is 0 Å². The van der Waals surface area contributed by atoms with Crippen molar-refractivity contribution in [3.05, 3.63) is 33.8 Å². The predicted molar refractivity (Wildman–Crippen MR) is 85.5 cm³/mol. The third-order valence-corrected chi connectivity index (χ3v) is 4.30. The van der Waals surface area contributed by atoms with Gasteiger partial charge in [0.15, 0.2) is 0 Å². The second kappa shape index (κ2) is 8.20. The highest BCUT2D eigenvalue weighted by molar-refractivity contribution is 9.10. The van der Waals surface area contributed by atoms with Crippen LogP contribution in [0.2, 0.25) is 0 Å². The van der Waals surface area contributed by atoms with Crippen LogP contribution < -0.4 is 5.32 Å². The maximum Gasteiger partial charge on any atom is 0.143 e. The molecule has 1 N–H and O–H groups in total. The summed E-state index contributed by atoms with van der Waals surface area (Å²) in [6.45, 7) is 8.30. The van der Waals surface area contributed by atoms with Gasteiger partial charge in [0.2, 0.25) is 0 Å². The topological polar surface area (TPSA) is 21.3 Å². The van der Waals surface area contributed by atoms with Gasteiger partial charge < -0.3 is 10.1 Å². The van der Waals surface area contributed by atoms with E-state index >= 15 is 0 Å². The Morgan fingerprint density at radius 2 is 1.95 bits per heavy atom. The van der Waals surface area contributed by atoms with Crippen LogP contribution in [0.15, 0.2) is 16.6 Å². The van der Waals surface area contributed by atoms with Gasteiger partial charge in [0, 0.05) is 19.2 Å². The molecule has 1 aromatic carbocycles. The summed E-state index contributed by atoms with van der Waals surface area (Å²) < 4.78 is 33.3. The van der Waals surface area contributed by atoms with Gasteiger partial charge in [0.1, 0.15) is 11.6 Å². The highest BCUT2D eigenvalue weighted by Gasteiger charge is 2.27. The molecule has 1 aromatic rings. The lowest BCUT2D eigenvalue weighted by molar-refractivity contribution is 0.185. The summed E-state index contributed by atoms with van der Waals surface area (Å²) in [5, 5.41) is 3.29. The van der Waals surface area contributed by atoms with E-state index in [0.29, 0.717) is 24.0 Å². The average Bonchev–Trinajstić information content (AvgIpc) is 2.40. The van der Waals surface area contributed by atoms with E-state index < -0.39 is 11.6 Å². The third kappa shape index (κ3) is 5.64. The molecule has 2 nitrogen and oxygen atoms in total. The first-order valence-electron chi connectivity index (χ1n) is 7.09. The van der Waals surface area contributed by atoms with Crippen molar-refractivity contribution in [2.24, 2.45) is 11.3 Å². The van der Waals surface area contributed by atoms with Gasteiger partial charge in [0.25, 0.3) is 0 Å². The molecule has 0 aromatic heterocycles. The Balaban J connectivity index is 2.84. The molecule has 0 radical (unpaired) electrons. The summed E-state index contributed by atoms with van der Waals surface area (Å²) >= 11 is 3.12. The van der Waals surface area contributed by atoms with Crippen LogP contribution in [-0.4, -0.2) is 26.8 Å². The van der Waals surface area contributed by atoms with Gasteiger partial charge in [-0.3, -0.25) is 0 Å². The standard InChI is InChI=1S/C16H24BrF2NO/c1-16(2,3)11(10-20-7-8-21-4)9-12-14(18)6-5-13(17)15(12)19/h5-6,11,20H,7-10H2,1-4H3. The number of halogens is 3. The van der Waals surface area contributed by atoms with Crippen LogP contribution in [0, 0.1) is 23.0 Å². The summed E-state index contributed by atoms with van der Waals surface area (Å²) in [7, 11) is 1.65. The largest absolute Gasteiger partial charge is 0.383 e. The Morgan fingerprint density at radius 1 is 1.29 bits per heavy atom. The fourth-order valence-electron chi connectivity index (χ4n) is 2.14. The SMILES string of the molecule is COCCNCC(Cc1c(F)ccc(Br)c1F)C(C)(C)C. The molecular formula is C16H24BrF2NO. The molecule has 0 amide bonds. The summed E-state index contributed by atoms with van der Waals surface area (Å²) in [6, 6.07) is 2.71. The number of methoxy groups -OCH3 is 1. The predicted octanol–water partition coefficient (Wildman–Crippen LogP) is 4.17. The zero-order chi connectivity index (χ0) is 16.0. The second-order valence-electron chi connectivity index (χ2n) is 6.29. The van der Waals surface area contributed by atoms with E-state index in [1.54, 1.807) is 7.11 Å². The number of nitrogens with one attached hydrogen (secondary N) is 1. The maximum absolute atomic E-state index is 14.1. The van der Waals surface area contributed by atoms with Gasteiger partial charge in [-0.2, -0.15) is 0 Å². The van der Waals surface area contributed by atoms with Crippen LogP contribution in [0.3, 0.4) is 0 Å².